The molecule has 100 valence electrons. The zero-order valence-corrected chi connectivity index (χ0v) is 12.9. The van der Waals surface area contributed by atoms with Crippen molar-refractivity contribution in [2.45, 2.75) is 43.9 Å². The van der Waals surface area contributed by atoms with Crippen LogP contribution in [0, 0.1) is 0 Å². The number of hydrogen-bond donors (Lipinski definition) is 0. The molecule has 0 spiro atoms. The van der Waals surface area contributed by atoms with Crippen LogP contribution in [0.2, 0.25) is 6.04 Å². The van der Waals surface area contributed by atoms with Crippen LogP contribution in [0.1, 0.15) is 32.6 Å². The lowest BCUT2D eigenvalue weighted by molar-refractivity contribution is 0.0456. The van der Waals surface area contributed by atoms with Gasteiger partial charge in [0.2, 0.25) is 0 Å². The van der Waals surface area contributed by atoms with E-state index in [1.807, 2.05) is 0 Å². The highest BCUT2D eigenvalue weighted by atomic mass is 32.1. The minimum Gasteiger partial charge on any atom is -0.396 e. The average Bonchev–Trinajstić information content (AvgIpc) is 2.39. The maximum atomic E-state index is 11.4. The molecule has 1 aliphatic rings. The van der Waals surface area contributed by atoms with E-state index in [9.17, 15) is 4.21 Å². The molecule has 6 heteroatoms. The van der Waals surface area contributed by atoms with Gasteiger partial charge in [-0.2, -0.15) is 0 Å². The first kappa shape index (κ1) is 15.0. The van der Waals surface area contributed by atoms with E-state index in [0.717, 1.165) is 36.6 Å². The molecule has 1 saturated heterocycles. The molecule has 0 aromatic carbocycles. The summed E-state index contributed by atoms with van der Waals surface area (Å²) in [6, 6.07) is 0.887. The van der Waals surface area contributed by atoms with Crippen molar-refractivity contribution >= 4 is 24.7 Å². The second-order valence-corrected chi connectivity index (χ2v) is 8.59. The summed E-state index contributed by atoms with van der Waals surface area (Å²) in [5, 5.41) is -0.587. The van der Waals surface area contributed by atoms with E-state index in [-0.39, 0.29) is 0 Å². The summed E-state index contributed by atoms with van der Waals surface area (Å²) < 4.78 is 28.6. The van der Waals surface area contributed by atoms with Gasteiger partial charge in [0.1, 0.15) is 5.22 Å². The number of ether oxygens (including phenoxy) is 1. The molecule has 1 aliphatic heterocycles. The predicted molar refractivity (Wildman–Crippen MR) is 71.6 cm³/mol. The van der Waals surface area contributed by atoms with Crippen molar-refractivity contribution in [3.63, 3.8) is 0 Å². The van der Waals surface area contributed by atoms with Crippen molar-refractivity contribution in [2.24, 2.45) is 0 Å². The summed E-state index contributed by atoms with van der Waals surface area (Å²) in [4.78, 5) is 0.850. The van der Waals surface area contributed by atoms with Gasteiger partial charge >= 0.3 is 8.56 Å². The Morgan fingerprint density at radius 3 is 2.41 bits per heavy atom. The highest BCUT2D eigenvalue weighted by Gasteiger charge is 2.61. The van der Waals surface area contributed by atoms with E-state index in [1.165, 1.54) is 0 Å². The van der Waals surface area contributed by atoms with Gasteiger partial charge in [0.15, 0.2) is 0 Å². The van der Waals surface area contributed by atoms with Crippen LogP contribution in [0.4, 0.5) is 0 Å². The molecular weight excluding hydrogens is 256 g/mol. The van der Waals surface area contributed by atoms with Gasteiger partial charge in [-0.05, 0) is 25.3 Å². The fourth-order valence-electron chi connectivity index (χ4n) is 2.88. The molecule has 0 bridgehead atoms. The third-order valence-corrected chi connectivity index (χ3v) is 8.92. The van der Waals surface area contributed by atoms with Crippen LogP contribution in [0.5, 0.6) is 0 Å². The number of methoxy groups -OCH3 is 1. The molecule has 17 heavy (non-hydrogen) atoms. The average molecular weight is 278 g/mol. The van der Waals surface area contributed by atoms with Gasteiger partial charge in [-0.3, -0.25) is 0 Å². The summed E-state index contributed by atoms with van der Waals surface area (Å²) in [6.45, 7) is 2.09. The summed E-state index contributed by atoms with van der Waals surface area (Å²) in [7, 11) is 2.52. The predicted octanol–water partition coefficient (Wildman–Crippen LogP) is 1.63. The van der Waals surface area contributed by atoms with Gasteiger partial charge in [0, 0.05) is 21.3 Å². The fraction of sp³-hybridized carbons (Fsp3) is 0.909. The first-order chi connectivity index (χ1) is 8.16. The largest absolute Gasteiger partial charge is 0.396 e. The molecule has 0 N–H and O–H groups in total. The molecule has 1 atom stereocenters. The van der Waals surface area contributed by atoms with E-state index in [0.29, 0.717) is 11.3 Å². The highest BCUT2D eigenvalue weighted by Crippen LogP contribution is 2.40. The molecule has 0 aromatic heterocycles. The Hall–Kier alpha value is -0.0131. The van der Waals surface area contributed by atoms with Crippen LogP contribution >= 0.6 is 0 Å². The first-order valence-corrected chi connectivity index (χ1v) is 8.74. The lowest BCUT2D eigenvalue weighted by Gasteiger charge is -2.47. The molecule has 4 nitrogen and oxygen atoms in total. The highest BCUT2D eigenvalue weighted by molar-refractivity contribution is 7.67. The van der Waals surface area contributed by atoms with Crippen molar-refractivity contribution in [3.05, 3.63) is 0 Å². The quantitative estimate of drug-likeness (QED) is 0.566. The van der Waals surface area contributed by atoms with Crippen LogP contribution < -0.4 is 0 Å². The zero-order chi connectivity index (χ0) is 12.9. The molecule has 1 heterocycles. The molecule has 1 rings (SSSR count). The zero-order valence-electron chi connectivity index (χ0n) is 11.1. The van der Waals surface area contributed by atoms with Gasteiger partial charge in [0.05, 0.1) is 16.1 Å². The monoisotopic (exact) mass is 278 g/mol. The summed E-state index contributed by atoms with van der Waals surface area (Å²) in [5.41, 5.74) is 0. The third kappa shape index (κ3) is 2.29. The van der Waals surface area contributed by atoms with Gasteiger partial charge < -0.3 is 13.6 Å². The van der Waals surface area contributed by atoms with Crippen molar-refractivity contribution in [1.82, 2.24) is 0 Å². The van der Waals surface area contributed by atoms with E-state index >= 15 is 0 Å². The Morgan fingerprint density at radius 1 is 1.35 bits per heavy atom. The molecular formula is C11H22O4SSi. The Kier molecular flexibility index (Phi) is 5.52. The molecule has 1 unspecified atom stereocenters. The Morgan fingerprint density at radius 2 is 2.00 bits per heavy atom. The SMILES string of the molecule is CCCC1(OC)C(=S=O)CCC[Si]1(OC)OC. The van der Waals surface area contributed by atoms with Crippen molar-refractivity contribution in [2.75, 3.05) is 21.3 Å². The molecule has 1 fully saturated rings. The Labute approximate surface area is 108 Å². The topological polar surface area (TPSA) is 44.8 Å². The minimum absolute atomic E-state index is 0.567. The number of hydrogen-bond acceptors (Lipinski definition) is 4. The normalized spacial score (nSPS) is 28.1. The van der Waals surface area contributed by atoms with Crippen molar-refractivity contribution in [1.29, 1.82) is 0 Å². The van der Waals surface area contributed by atoms with E-state index in [2.05, 4.69) is 6.92 Å². The molecule has 0 saturated carbocycles. The van der Waals surface area contributed by atoms with E-state index in [4.69, 9.17) is 13.6 Å². The minimum atomic E-state index is -2.50. The summed E-state index contributed by atoms with van der Waals surface area (Å²) in [5.74, 6) is 0. The molecule has 0 aliphatic carbocycles. The van der Waals surface area contributed by atoms with Gasteiger partial charge in [-0.15, -0.1) is 0 Å². The lowest BCUT2D eigenvalue weighted by Crippen LogP contribution is -2.69. The third-order valence-electron chi connectivity index (χ3n) is 3.69. The smallest absolute Gasteiger partial charge is 0.376 e. The lowest BCUT2D eigenvalue weighted by atomic mass is 10.1. The first-order valence-electron chi connectivity index (χ1n) is 5.98. The van der Waals surface area contributed by atoms with E-state index < -0.39 is 13.8 Å². The fourth-order valence-corrected chi connectivity index (χ4v) is 7.79. The second kappa shape index (κ2) is 6.24. The molecule has 0 amide bonds. The van der Waals surface area contributed by atoms with Crippen LogP contribution in [0.25, 0.3) is 0 Å². The Bertz CT molecular complexity index is 313. The van der Waals surface area contributed by atoms with Gasteiger partial charge in [0.25, 0.3) is 0 Å². The van der Waals surface area contributed by atoms with Crippen LogP contribution in [0.15, 0.2) is 0 Å². The van der Waals surface area contributed by atoms with Crippen LogP contribution in [-0.2, 0) is 24.8 Å². The van der Waals surface area contributed by atoms with Crippen molar-refractivity contribution < 1.29 is 17.8 Å². The number of rotatable bonds is 5. The maximum Gasteiger partial charge on any atom is 0.376 e. The standard InChI is InChI=1S/C11H22O4SSi/c1-5-8-11(13-2)10(16-12)7-6-9-17(11,14-3)15-4/h5-9H2,1-4H3. The second-order valence-electron chi connectivity index (χ2n) is 4.30. The summed E-state index contributed by atoms with van der Waals surface area (Å²) in [6.07, 6.45) is 3.50. The van der Waals surface area contributed by atoms with E-state index in [1.54, 1.807) is 21.3 Å². The Balaban J connectivity index is 3.30. The van der Waals surface area contributed by atoms with Crippen LogP contribution in [0.3, 0.4) is 0 Å². The molecule has 0 aromatic rings. The maximum absolute atomic E-state index is 11.4. The van der Waals surface area contributed by atoms with Gasteiger partial charge in [-0.1, -0.05) is 13.3 Å². The van der Waals surface area contributed by atoms with Crippen molar-refractivity contribution in [3.8, 4) is 0 Å². The molecule has 0 radical (unpaired) electrons. The van der Waals surface area contributed by atoms with Crippen LogP contribution in [-0.4, -0.2) is 44.2 Å². The van der Waals surface area contributed by atoms with Gasteiger partial charge in [-0.25, -0.2) is 4.21 Å². The summed E-state index contributed by atoms with van der Waals surface area (Å²) >= 11 is 0.567.